The molecular formula is C17H16BrN5O. The number of benzene rings is 2. The number of tetrazole rings is 1. The van der Waals surface area contributed by atoms with Gasteiger partial charge in [0.25, 0.3) is 0 Å². The maximum Gasteiger partial charge on any atom is 0.243 e. The van der Waals surface area contributed by atoms with Crippen molar-refractivity contribution in [3.63, 3.8) is 0 Å². The van der Waals surface area contributed by atoms with Gasteiger partial charge in [-0.2, -0.15) is 0 Å². The minimum atomic E-state index is 0.0149. The zero-order valence-electron chi connectivity index (χ0n) is 13.1. The molecule has 0 saturated carbocycles. The average molecular weight is 386 g/mol. The van der Waals surface area contributed by atoms with Gasteiger partial charge in [0.05, 0.1) is 19.2 Å². The molecule has 122 valence electrons. The van der Waals surface area contributed by atoms with Crippen LogP contribution in [0.3, 0.4) is 0 Å². The summed E-state index contributed by atoms with van der Waals surface area (Å²) < 4.78 is 8.43. The normalized spacial score (nSPS) is 19.4. The van der Waals surface area contributed by atoms with E-state index in [-0.39, 0.29) is 12.1 Å². The summed E-state index contributed by atoms with van der Waals surface area (Å²) in [7, 11) is 1.69. The van der Waals surface area contributed by atoms with Gasteiger partial charge >= 0.3 is 0 Å². The summed E-state index contributed by atoms with van der Waals surface area (Å²) in [5.41, 5.74) is 2.28. The van der Waals surface area contributed by atoms with Crippen LogP contribution < -0.4 is 10.1 Å². The third-order valence-electron chi connectivity index (χ3n) is 4.32. The number of halogens is 1. The van der Waals surface area contributed by atoms with E-state index in [0.717, 1.165) is 22.2 Å². The summed E-state index contributed by atoms with van der Waals surface area (Å²) in [5, 5.41) is 15.5. The predicted octanol–water partition coefficient (Wildman–Crippen LogP) is 3.59. The van der Waals surface area contributed by atoms with Crippen molar-refractivity contribution in [1.29, 1.82) is 0 Å². The number of hydrogen-bond donors (Lipinski definition) is 1. The molecule has 0 radical (unpaired) electrons. The van der Waals surface area contributed by atoms with Crippen LogP contribution in [0, 0.1) is 0 Å². The van der Waals surface area contributed by atoms with E-state index in [1.165, 1.54) is 5.56 Å². The highest BCUT2D eigenvalue weighted by molar-refractivity contribution is 9.10. The van der Waals surface area contributed by atoms with Gasteiger partial charge in [0.2, 0.25) is 5.95 Å². The van der Waals surface area contributed by atoms with E-state index in [2.05, 4.69) is 55.0 Å². The van der Waals surface area contributed by atoms with Crippen LogP contribution >= 0.6 is 15.9 Å². The Balaban J connectivity index is 1.75. The first kappa shape index (κ1) is 15.1. The van der Waals surface area contributed by atoms with Crippen LogP contribution in [-0.4, -0.2) is 27.3 Å². The molecule has 2 heterocycles. The number of aromatic nitrogens is 4. The van der Waals surface area contributed by atoms with Crippen molar-refractivity contribution in [1.82, 2.24) is 20.2 Å². The van der Waals surface area contributed by atoms with Gasteiger partial charge in [-0.3, -0.25) is 0 Å². The van der Waals surface area contributed by atoms with Crippen LogP contribution in [0.15, 0.2) is 53.0 Å². The van der Waals surface area contributed by atoms with Crippen LogP contribution in [0.2, 0.25) is 0 Å². The number of ether oxygens (including phenoxy) is 1. The lowest BCUT2D eigenvalue weighted by atomic mass is 9.93. The Morgan fingerprint density at radius 1 is 1.17 bits per heavy atom. The zero-order valence-corrected chi connectivity index (χ0v) is 14.6. The van der Waals surface area contributed by atoms with E-state index in [9.17, 15) is 0 Å². The molecule has 2 aromatic carbocycles. The molecule has 1 aromatic heterocycles. The van der Waals surface area contributed by atoms with Crippen molar-refractivity contribution in [3.8, 4) is 5.75 Å². The van der Waals surface area contributed by atoms with Crippen molar-refractivity contribution in [3.05, 3.63) is 64.1 Å². The van der Waals surface area contributed by atoms with Gasteiger partial charge in [0, 0.05) is 10.0 Å². The minimum Gasteiger partial charge on any atom is -0.496 e. The largest absolute Gasteiger partial charge is 0.496 e. The Hall–Kier alpha value is -2.41. The standard InChI is InChI=1S/C17H16BrN5O/c1-24-16-5-3-2-4-13(16)15-10-14(11-6-8-12(18)9-7-11)19-17-20-21-22-23(15)17/h2-9,14-15H,10H2,1H3,(H,19,20,22). The molecule has 1 N–H and O–H groups in total. The molecule has 7 heteroatoms. The molecule has 0 fully saturated rings. The number of fused-ring (bicyclic) bond motifs is 1. The SMILES string of the molecule is COc1ccccc1C1CC(c2ccc(Br)cc2)Nc2nnnn21. The van der Waals surface area contributed by atoms with Gasteiger partial charge in [0.15, 0.2) is 0 Å². The number of nitrogens with one attached hydrogen (secondary N) is 1. The molecule has 0 saturated heterocycles. The summed E-state index contributed by atoms with van der Waals surface area (Å²) in [4.78, 5) is 0. The van der Waals surface area contributed by atoms with Crippen molar-refractivity contribution in [2.24, 2.45) is 0 Å². The molecular weight excluding hydrogens is 370 g/mol. The van der Waals surface area contributed by atoms with Gasteiger partial charge < -0.3 is 10.1 Å². The van der Waals surface area contributed by atoms with Crippen molar-refractivity contribution in [2.45, 2.75) is 18.5 Å². The molecule has 1 aliphatic rings. The molecule has 0 aliphatic carbocycles. The van der Waals surface area contributed by atoms with Crippen molar-refractivity contribution in [2.75, 3.05) is 12.4 Å². The Morgan fingerprint density at radius 2 is 1.96 bits per heavy atom. The van der Waals surface area contributed by atoms with Gasteiger partial charge in [-0.05, 0) is 40.6 Å². The zero-order chi connectivity index (χ0) is 16.5. The molecule has 3 aromatic rings. The molecule has 1 aliphatic heterocycles. The summed E-state index contributed by atoms with van der Waals surface area (Å²) in [5.74, 6) is 1.52. The van der Waals surface area contributed by atoms with Gasteiger partial charge in [-0.25, -0.2) is 4.68 Å². The Morgan fingerprint density at radius 3 is 2.75 bits per heavy atom. The predicted molar refractivity (Wildman–Crippen MR) is 94.1 cm³/mol. The highest BCUT2D eigenvalue weighted by atomic mass is 79.9. The van der Waals surface area contributed by atoms with E-state index in [1.807, 2.05) is 35.0 Å². The smallest absolute Gasteiger partial charge is 0.243 e. The summed E-state index contributed by atoms with van der Waals surface area (Å²) in [6.45, 7) is 0. The van der Waals surface area contributed by atoms with Gasteiger partial charge in [0.1, 0.15) is 5.75 Å². The van der Waals surface area contributed by atoms with Gasteiger partial charge in [-0.15, -0.1) is 0 Å². The molecule has 6 nitrogen and oxygen atoms in total. The molecule has 2 unspecified atom stereocenters. The lowest BCUT2D eigenvalue weighted by Crippen LogP contribution is -2.28. The summed E-state index contributed by atoms with van der Waals surface area (Å²) in [6.07, 6.45) is 0.833. The third-order valence-corrected chi connectivity index (χ3v) is 4.85. The number of methoxy groups -OCH3 is 1. The fourth-order valence-electron chi connectivity index (χ4n) is 3.15. The molecule has 0 bridgehead atoms. The maximum atomic E-state index is 5.54. The highest BCUT2D eigenvalue weighted by Crippen LogP contribution is 2.40. The molecule has 0 spiro atoms. The minimum absolute atomic E-state index is 0.0149. The average Bonchev–Trinajstić information content (AvgIpc) is 3.10. The molecule has 4 rings (SSSR count). The lowest BCUT2D eigenvalue weighted by molar-refractivity contribution is 0.377. The van der Waals surface area contributed by atoms with Crippen LogP contribution in [0.4, 0.5) is 5.95 Å². The molecule has 0 amide bonds. The van der Waals surface area contributed by atoms with Crippen LogP contribution in [-0.2, 0) is 0 Å². The van der Waals surface area contributed by atoms with Crippen molar-refractivity contribution >= 4 is 21.9 Å². The van der Waals surface area contributed by atoms with E-state index >= 15 is 0 Å². The van der Waals surface area contributed by atoms with E-state index in [1.54, 1.807) is 7.11 Å². The first-order valence-corrected chi connectivity index (χ1v) is 8.48. The fraction of sp³-hybridized carbons (Fsp3) is 0.235. The van der Waals surface area contributed by atoms with E-state index in [0.29, 0.717) is 5.95 Å². The number of para-hydroxylation sites is 1. The summed E-state index contributed by atoms with van der Waals surface area (Å²) in [6, 6.07) is 16.5. The monoisotopic (exact) mass is 385 g/mol. The Labute approximate surface area is 148 Å². The molecule has 24 heavy (non-hydrogen) atoms. The second-order valence-corrected chi connectivity index (χ2v) is 6.60. The van der Waals surface area contributed by atoms with Gasteiger partial charge in [-0.1, -0.05) is 51.4 Å². The Bertz CT molecular complexity index is 848. The lowest BCUT2D eigenvalue weighted by Gasteiger charge is -2.31. The number of anilines is 1. The quantitative estimate of drug-likeness (QED) is 0.745. The second-order valence-electron chi connectivity index (χ2n) is 5.69. The topological polar surface area (TPSA) is 64.9 Å². The van der Waals surface area contributed by atoms with Crippen LogP contribution in [0.1, 0.15) is 29.6 Å². The first-order chi connectivity index (χ1) is 11.8. The van der Waals surface area contributed by atoms with Crippen molar-refractivity contribution < 1.29 is 4.74 Å². The van der Waals surface area contributed by atoms with E-state index in [4.69, 9.17) is 4.74 Å². The molecule has 2 atom stereocenters. The maximum absolute atomic E-state index is 5.54. The number of hydrogen-bond acceptors (Lipinski definition) is 5. The first-order valence-electron chi connectivity index (χ1n) is 7.69. The van der Waals surface area contributed by atoms with Crippen LogP contribution in [0.5, 0.6) is 5.75 Å². The summed E-state index contributed by atoms with van der Waals surface area (Å²) >= 11 is 3.48. The second kappa shape index (κ2) is 6.24. The van der Waals surface area contributed by atoms with E-state index < -0.39 is 0 Å². The fourth-order valence-corrected chi connectivity index (χ4v) is 3.42. The number of nitrogens with zero attached hydrogens (tertiary/aromatic N) is 4. The Kier molecular flexibility index (Phi) is 3.93. The highest BCUT2D eigenvalue weighted by Gasteiger charge is 2.32. The number of rotatable bonds is 3. The van der Waals surface area contributed by atoms with Crippen LogP contribution in [0.25, 0.3) is 0 Å². The third kappa shape index (κ3) is 2.65.